The number of sulfonamides is 1. The third-order valence-electron chi connectivity index (χ3n) is 1.64. The fourth-order valence-corrected chi connectivity index (χ4v) is 4.34. The molecule has 0 aliphatic heterocycles. The molecular weight excluding hydrogens is 314 g/mol. The highest BCUT2D eigenvalue weighted by Gasteiger charge is 2.25. The number of nitrogens with zero attached hydrogens (tertiary/aromatic N) is 3. The molecule has 0 fully saturated rings. The van der Waals surface area contributed by atoms with Crippen molar-refractivity contribution in [2.45, 2.75) is 4.21 Å². The first-order valence-electron chi connectivity index (χ1n) is 4.01. The van der Waals surface area contributed by atoms with E-state index in [0.717, 1.165) is 15.6 Å². The van der Waals surface area contributed by atoms with Gasteiger partial charge in [0.1, 0.15) is 17.3 Å². The smallest absolute Gasteiger partial charge is 0.206 e. The quantitative estimate of drug-likeness (QED) is 0.788. The van der Waals surface area contributed by atoms with Gasteiger partial charge >= 0.3 is 0 Å². The SMILES string of the molecule is N#CCN(CC#N)S(=O)(=O)c1ccc(Br)s1. The summed E-state index contributed by atoms with van der Waals surface area (Å²) < 4.78 is 25.5. The first kappa shape index (κ1) is 13.1. The number of hydrogen-bond acceptors (Lipinski definition) is 5. The molecule has 0 saturated heterocycles. The third-order valence-corrected chi connectivity index (χ3v) is 5.52. The average Bonchev–Trinajstić information content (AvgIpc) is 2.65. The van der Waals surface area contributed by atoms with Crippen LogP contribution in [0, 0.1) is 22.7 Å². The molecule has 0 aliphatic rings. The molecule has 84 valence electrons. The molecule has 0 N–H and O–H groups in total. The average molecular weight is 320 g/mol. The second-order valence-electron chi connectivity index (χ2n) is 2.65. The van der Waals surface area contributed by atoms with Crippen molar-refractivity contribution in [3.05, 3.63) is 15.9 Å². The minimum absolute atomic E-state index is 0.116. The van der Waals surface area contributed by atoms with E-state index in [9.17, 15) is 8.42 Å². The van der Waals surface area contributed by atoms with E-state index in [1.165, 1.54) is 6.07 Å². The fraction of sp³-hybridized carbons (Fsp3) is 0.250. The molecule has 1 heterocycles. The van der Waals surface area contributed by atoms with Gasteiger partial charge in [0.25, 0.3) is 10.0 Å². The molecule has 8 heteroatoms. The van der Waals surface area contributed by atoms with Crippen LogP contribution in [-0.2, 0) is 10.0 Å². The second-order valence-corrected chi connectivity index (χ2v) is 7.28. The van der Waals surface area contributed by atoms with Crippen LogP contribution < -0.4 is 0 Å². The molecule has 0 saturated carbocycles. The zero-order chi connectivity index (χ0) is 12.2. The van der Waals surface area contributed by atoms with Gasteiger partial charge in [0.2, 0.25) is 0 Å². The van der Waals surface area contributed by atoms with E-state index < -0.39 is 10.0 Å². The highest BCUT2D eigenvalue weighted by molar-refractivity contribution is 9.11. The zero-order valence-corrected chi connectivity index (χ0v) is 11.1. The lowest BCUT2D eigenvalue weighted by Crippen LogP contribution is -2.31. The largest absolute Gasteiger partial charge is 0.254 e. The van der Waals surface area contributed by atoms with Gasteiger partial charge in [-0.3, -0.25) is 0 Å². The van der Waals surface area contributed by atoms with Gasteiger partial charge in [0, 0.05) is 0 Å². The van der Waals surface area contributed by atoms with Gasteiger partial charge in [0.15, 0.2) is 0 Å². The van der Waals surface area contributed by atoms with E-state index in [1.807, 2.05) is 0 Å². The minimum Gasteiger partial charge on any atom is -0.206 e. The monoisotopic (exact) mass is 319 g/mol. The summed E-state index contributed by atoms with van der Waals surface area (Å²) in [6.07, 6.45) is 0. The number of rotatable bonds is 4. The standard InChI is InChI=1S/C8H6BrN3O2S2/c9-7-1-2-8(15-7)16(13,14)12(5-3-10)6-4-11/h1-2H,5-6H2. The molecule has 1 rings (SSSR count). The summed E-state index contributed by atoms with van der Waals surface area (Å²) in [4.78, 5) is 0. The summed E-state index contributed by atoms with van der Waals surface area (Å²) in [5.41, 5.74) is 0. The van der Waals surface area contributed by atoms with E-state index in [2.05, 4.69) is 15.9 Å². The molecule has 0 amide bonds. The molecule has 0 aromatic carbocycles. The lowest BCUT2D eigenvalue weighted by molar-refractivity contribution is 0.481. The van der Waals surface area contributed by atoms with Crippen LogP contribution >= 0.6 is 27.3 Å². The van der Waals surface area contributed by atoms with Gasteiger partial charge in [-0.15, -0.1) is 11.3 Å². The molecule has 1 aromatic heterocycles. The molecule has 0 radical (unpaired) electrons. The first-order chi connectivity index (χ1) is 7.52. The summed E-state index contributed by atoms with van der Waals surface area (Å²) in [7, 11) is -3.73. The normalized spacial score (nSPS) is 11.0. The van der Waals surface area contributed by atoms with Crippen molar-refractivity contribution in [2.24, 2.45) is 0 Å². The highest BCUT2D eigenvalue weighted by Crippen LogP contribution is 2.28. The molecular formula is C8H6BrN3O2S2. The molecule has 5 nitrogen and oxygen atoms in total. The van der Waals surface area contributed by atoms with Gasteiger partial charge in [-0.05, 0) is 28.1 Å². The van der Waals surface area contributed by atoms with E-state index in [4.69, 9.17) is 10.5 Å². The summed E-state index contributed by atoms with van der Waals surface area (Å²) in [6, 6.07) is 6.49. The number of thiophene rings is 1. The maximum absolute atomic E-state index is 11.9. The number of hydrogen-bond donors (Lipinski definition) is 0. The van der Waals surface area contributed by atoms with Crippen LogP contribution in [0.3, 0.4) is 0 Å². The molecule has 0 atom stereocenters. The van der Waals surface area contributed by atoms with Crippen LogP contribution in [0.1, 0.15) is 0 Å². The predicted octanol–water partition coefficient (Wildman–Crippen LogP) is 1.55. The molecule has 0 unspecified atom stereocenters. The van der Waals surface area contributed by atoms with Crippen molar-refractivity contribution >= 4 is 37.3 Å². The van der Waals surface area contributed by atoms with Crippen LogP contribution in [0.15, 0.2) is 20.1 Å². The Hall–Kier alpha value is -0.930. The Labute approximate surface area is 106 Å². The molecule has 0 aliphatic carbocycles. The van der Waals surface area contributed by atoms with E-state index in [1.54, 1.807) is 18.2 Å². The van der Waals surface area contributed by atoms with Crippen molar-refractivity contribution in [1.29, 1.82) is 10.5 Å². The second kappa shape index (κ2) is 5.41. The van der Waals surface area contributed by atoms with Gasteiger partial charge in [0.05, 0.1) is 15.9 Å². The Morgan fingerprint density at radius 1 is 1.31 bits per heavy atom. The Bertz CT molecular complexity index is 537. The molecule has 1 aromatic rings. The number of nitriles is 2. The summed E-state index contributed by atoms with van der Waals surface area (Å²) in [5.74, 6) is 0. The van der Waals surface area contributed by atoms with E-state index >= 15 is 0 Å². The van der Waals surface area contributed by atoms with Crippen molar-refractivity contribution in [2.75, 3.05) is 13.1 Å². The first-order valence-corrected chi connectivity index (χ1v) is 7.06. The fourth-order valence-electron chi connectivity index (χ4n) is 0.947. The van der Waals surface area contributed by atoms with E-state index in [-0.39, 0.29) is 17.3 Å². The van der Waals surface area contributed by atoms with Crippen LogP contribution in [0.5, 0.6) is 0 Å². The van der Waals surface area contributed by atoms with Crippen molar-refractivity contribution in [3.63, 3.8) is 0 Å². The van der Waals surface area contributed by atoms with Crippen molar-refractivity contribution in [1.82, 2.24) is 4.31 Å². The van der Waals surface area contributed by atoms with E-state index in [0.29, 0.717) is 3.79 Å². The van der Waals surface area contributed by atoms with Gasteiger partial charge in [-0.1, -0.05) is 0 Å². The van der Waals surface area contributed by atoms with Crippen LogP contribution in [0.4, 0.5) is 0 Å². The topological polar surface area (TPSA) is 85.0 Å². The molecule has 0 bridgehead atoms. The van der Waals surface area contributed by atoms with Gasteiger partial charge < -0.3 is 0 Å². The minimum atomic E-state index is -3.73. The summed E-state index contributed by atoms with van der Waals surface area (Å²) in [6.45, 7) is -0.656. The maximum atomic E-state index is 11.9. The van der Waals surface area contributed by atoms with Crippen LogP contribution in [0.25, 0.3) is 0 Å². The maximum Gasteiger partial charge on any atom is 0.254 e. The lowest BCUT2D eigenvalue weighted by Gasteiger charge is -2.13. The van der Waals surface area contributed by atoms with Gasteiger partial charge in [-0.25, -0.2) is 8.42 Å². The van der Waals surface area contributed by atoms with Gasteiger partial charge in [-0.2, -0.15) is 14.8 Å². The Kier molecular flexibility index (Phi) is 4.44. The zero-order valence-electron chi connectivity index (χ0n) is 7.92. The van der Waals surface area contributed by atoms with Crippen LogP contribution in [0.2, 0.25) is 0 Å². The summed E-state index contributed by atoms with van der Waals surface area (Å²) in [5, 5.41) is 17.0. The number of halogens is 1. The summed E-state index contributed by atoms with van der Waals surface area (Å²) >= 11 is 4.20. The van der Waals surface area contributed by atoms with Crippen molar-refractivity contribution < 1.29 is 8.42 Å². The highest BCUT2D eigenvalue weighted by atomic mass is 79.9. The predicted molar refractivity (Wildman–Crippen MR) is 62.0 cm³/mol. The molecule has 16 heavy (non-hydrogen) atoms. The Balaban J connectivity index is 3.09. The lowest BCUT2D eigenvalue weighted by atomic mass is 10.6. The van der Waals surface area contributed by atoms with Crippen molar-refractivity contribution in [3.8, 4) is 12.1 Å². The Morgan fingerprint density at radius 2 is 1.88 bits per heavy atom. The Morgan fingerprint density at radius 3 is 2.25 bits per heavy atom. The molecule has 0 spiro atoms. The van der Waals surface area contributed by atoms with Crippen LogP contribution in [-0.4, -0.2) is 25.8 Å². The third kappa shape index (κ3) is 2.80.